The lowest BCUT2D eigenvalue weighted by atomic mass is 9.93. The Balaban J connectivity index is 1.66. The van der Waals surface area contributed by atoms with Gasteiger partial charge in [-0.05, 0) is 51.1 Å². The minimum absolute atomic E-state index is 0.497. The molecule has 1 saturated heterocycles. The largest absolute Gasteiger partial charge is 0.493 e. The van der Waals surface area contributed by atoms with Gasteiger partial charge in [0.2, 0.25) is 0 Å². The van der Waals surface area contributed by atoms with Crippen LogP contribution in [-0.2, 0) is 4.74 Å². The average Bonchev–Trinajstić information content (AvgIpc) is 3.07. The van der Waals surface area contributed by atoms with Crippen molar-refractivity contribution >= 4 is 0 Å². The van der Waals surface area contributed by atoms with E-state index in [-0.39, 0.29) is 0 Å². The van der Waals surface area contributed by atoms with E-state index in [0.29, 0.717) is 25.2 Å². The van der Waals surface area contributed by atoms with Gasteiger partial charge < -0.3 is 19.1 Å². The van der Waals surface area contributed by atoms with Crippen LogP contribution in [0.4, 0.5) is 0 Å². The van der Waals surface area contributed by atoms with Gasteiger partial charge in [-0.1, -0.05) is 0 Å². The van der Waals surface area contributed by atoms with E-state index >= 15 is 0 Å². The van der Waals surface area contributed by atoms with Crippen molar-refractivity contribution in [3.05, 3.63) is 23.8 Å². The molecule has 0 aromatic heterocycles. The van der Waals surface area contributed by atoms with E-state index in [1.165, 1.54) is 31.4 Å². The summed E-state index contributed by atoms with van der Waals surface area (Å²) >= 11 is 0. The highest BCUT2D eigenvalue weighted by Crippen LogP contribution is 2.40. The fourth-order valence-electron chi connectivity index (χ4n) is 3.39. The first kappa shape index (κ1) is 14.7. The van der Waals surface area contributed by atoms with Crippen molar-refractivity contribution in [1.29, 1.82) is 0 Å². The second-order valence-corrected chi connectivity index (χ2v) is 6.06. The van der Waals surface area contributed by atoms with Crippen molar-refractivity contribution in [1.82, 2.24) is 4.90 Å². The van der Waals surface area contributed by atoms with E-state index in [4.69, 9.17) is 14.2 Å². The molecule has 0 unspecified atom stereocenters. The topological polar surface area (TPSA) is 30.9 Å². The summed E-state index contributed by atoms with van der Waals surface area (Å²) < 4.78 is 16.6. The molecule has 0 bridgehead atoms. The molecule has 4 heteroatoms. The molecule has 0 spiro atoms. The van der Waals surface area contributed by atoms with Gasteiger partial charge in [-0.15, -0.1) is 0 Å². The quantitative estimate of drug-likeness (QED) is 0.754. The zero-order valence-corrected chi connectivity index (χ0v) is 13.0. The molecule has 2 aliphatic heterocycles. The smallest absolute Gasteiger partial charge is 0.123 e. The van der Waals surface area contributed by atoms with Crippen molar-refractivity contribution in [2.24, 2.45) is 0 Å². The minimum atomic E-state index is 0.497. The molecule has 3 rings (SSSR count). The molecule has 0 aliphatic carbocycles. The number of ether oxygens (including phenoxy) is 3. The minimum Gasteiger partial charge on any atom is -0.493 e. The molecule has 21 heavy (non-hydrogen) atoms. The van der Waals surface area contributed by atoms with Crippen LogP contribution in [0, 0.1) is 0 Å². The molecule has 2 atom stereocenters. The van der Waals surface area contributed by atoms with Gasteiger partial charge in [0.15, 0.2) is 0 Å². The molecule has 4 nitrogen and oxygen atoms in total. The summed E-state index contributed by atoms with van der Waals surface area (Å²) in [5, 5.41) is 0. The van der Waals surface area contributed by atoms with Gasteiger partial charge in [-0.25, -0.2) is 0 Å². The molecule has 0 saturated carbocycles. The summed E-state index contributed by atoms with van der Waals surface area (Å²) in [6.07, 6.45) is 3.82. The summed E-state index contributed by atoms with van der Waals surface area (Å²) in [7, 11) is 3.92. The molecule has 1 fully saturated rings. The van der Waals surface area contributed by atoms with Crippen molar-refractivity contribution < 1.29 is 14.2 Å². The lowest BCUT2D eigenvalue weighted by Crippen LogP contribution is -2.27. The highest BCUT2D eigenvalue weighted by molar-refractivity contribution is 5.45. The average molecular weight is 291 g/mol. The Hall–Kier alpha value is -1.26. The third-order valence-corrected chi connectivity index (χ3v) is 4.65. The van der Waals surface area contributed by atoms with Gasteiger partial charge in [0.25, 0.3) is 0 Å². The fraction of sp³-hybridized carbons (Fsp3) is 0.647. The Bertz CT molecular complexity index is 477. The van der Waals surface area contributed by atoms with Gasteiger partial charge >= 0.3 is 0 Å². The Morgan fingerprint density at radius 1 is 1.33 bits per heavy atom. The maximum atomic E-state index is 5.84. The fourth-order valence-corrected chi connectivity index (χ4v) is 3.39. The van der Waals surface area contributed by atoms with Crippen LogP contribution in [-0.4, -0.2) is 51.5 Å². The van der Waals surface area contributed by atoms with Gasteiger partial charge in [-0.3, -0.25) is 0 Å². The third-order valence-electron chi connectivity index (χ3n) is 4.65. The van der Waals surface area contributed by atoms with Crippen molar-refractivity contribution in [2.45, 2.75) is 31.2 Å². The number of hydrogen-bond acceptors (Lipinski definition) is 4. The maximum Gasteiger partial charge on any atom is 0.123 e. The first-order valence-electron chi connectivity index (χ1n) is 7.86. The van der Waals surface area contributed by atoms with E-state index in [1.807, 2.05) is 12.1 Å². The SMILES string of the molecule is COCCOc1ccc2c(c1)[C@H](C[C@H]1CCCN1C)CO2. The second-order valence-electron chi connectivity index (χ2n) is 6.06. The van der Waals surface area contributed by atoms with Gasteiger partial charge in [0.1, 0.15) is 18.1 Å². The predicted octanol–water partition coefficient (Wildman–Crippen LogP) is 2.67. The molecule has 0 radical (unpaired) electrons. The van der Waals surface area contributed by atoms with Crippen LogP contribution < -0.4 is 9.47 Å². The van der Waals surface area contributed by atoms with Gasteiger partial charge in [0.05, 0.1) is 13.2 Å². The van der Waals surface area contributed by atoms with Gasteiger partial charge in [-0.2, -0.15) is 0 Å². The summed E-state index contributed by atoms with van der Waals surface area (Å²) in [5.41, 5.74) is 1.31. The zero-order valence-electron chi connectivity index (χ0n) is 13.0. The summed E-state index contributed by atoms with van der Waals surface area (Å²) in [6.45, 7) is 3.24. The molecule has 1 aromatic carbocycles. The van der Waals surface area contributed by atoms with E-state index < -0.39 is 0 Å². The van der Waals surface area contributed by atoms with Crippen LogP contribution in [0.15, 0.2) is 18.2 Å². The lowest BCUT2D eigenvalue weighted by molar-refractivity contribution is 0.146. The van der Waals surface area contributed by atoms with Crippen molar-refractivity contribution in [3.63, 3.8) is 0 Å². The number of nitrogens with zero attached hydrogens (tertiary/aromatic N) is 1. The first-order chi connectivity index (χ1) is 10.3. The van der Waals surface area contributed by atoms with E-state index in [9.17, 15) is 0 Å². The highest BCUT2D eigenvalue weighted by atomic mass is 16.5. The van der Waals surface area contributed by atoms with E-state index in [2.05, 4.69) is 18.0 Å². The van der Waals surface area contributed by atoms with Crippen LogP contribution in [0.25, 0.3) is 0 Å². The van der Waals surface area contributed by atoms with E-state index in [0.717, 1.165) is 18.1 Å². The third kappa shape index (κ3) is 3.33. The molecule has 2 aliphatic rings. The zero-order chi connectivity index (χ0) is 14.7. The Labute approximate surface area is 127 Å². The van der Waals surface area contributed by atoms with Crippen molar-refractivity contribution in [2.75, 3.05) is 40.5 Å². The number of fused-ring (bicyclic) bond motifs is 1. The van der Waals surface area contributed by atoms with Crippen LogP contribution in [0.3, 0.4) is 0 Å². The maximum absolute atomic E-state index is 5.84. The first-order valence-corrected chi connectivity index (χ1v) is 7.86. The standard InChI is InChI=1S/C17H25NO3/c1-18-7-3-4-14(18)10-13-12-21-17-6-5-15(11-16(13)17)20-9-8-19-2/h5-6,11,13-14H,3-4,7-10,12H2,1-2H3/t13-,14-/m1/s1. The van der Waals surface area contributed by atoms with Crippen LogP contribution >= 0.6 is 0 Å². The summed E-state index contributed by atoms with van der Waals surface area (Å²) in [4.78, 5) is 2.48. The summed E-state index contributed by atoms with van der Waals surface area (Å²) in [5.74, 6) is 2.44. The van der Waals surface area contributed by atoms with Crippen LogP contribution in [0.1, 0.15) is 30.7 Å². The van der Waals surface area contributed by atoms with Crippen LogP contribution in [0.2, 0.25) is 0 Å². The number of benzene rings is 1. The molecular formula is C17H25NO3. The van der Waals surface area contributed by atoms with E-state index in [1.54, 1.807) is 7.11 Å². The lowest BCUT2D eigenvalue weighted by Gasteiger charge is -2.22. The molecular weight excluding hydrogens is 266 g/mol. The Kier molecular flexibility index (Phi) is 4.66. The Morgan fingerprint density at radius 3 is 3.00 bits per heavy atom. The number of methoxy groups -OCH3 is 1. The predicted molar refractivity (Wildman–Crippen MR) is 82.3 cm³/mol. The number of rotatable bonds is 6. The number of likely N-dealkylation sites (tertiary alicyclic amines) is 1. The molecule has 0 amide bonds. The van der Waals surface area contributed by atoms with Gasteiger partial charge in [0, 0.05) is 24.6 Å². The normalized spacial score (nSPS) is 24.9. The van der Waals surface area contributed by atoms with Crippen LogP contribution in [0.5, 0.6) is 11.5 Å². The molecule has 2 heterocycles. The molecule has 1 aromatic rings. The Morgan fingerprint density at radius 2 is 2.24 bits per heavy atom. The highest BCUT2D eigenvalue weighted by Gasteiger charge is 2.30. The summed E-state index contributed by atoms with van der Waals surface area (Å²) in [6, 6.07) is 6.87. The monoisotopic (exact) mass is 291 g/mol. The molecule has 0 N–H and O–H groups in total. The number of hydrogen-bond donors (Lipinski definition) is 0. The van der Waals surface area contributed by atoms with Crippen molar-refractivity contribution in [3.8, 4) is 11.5 Å². The second kappa shape index (κ2) is 6.67. The molecule has 116 valence electrons.